The van der Waals surface area contributed by atoms with Gasteiger partial charge in [0.05, 0.1) is 6.61 Å². The molecule has 7 heteroatoms. The Morgan fingerprint density at radius 2 is 1.48 bits per heavy atom. The summed E-state index contributed by atoms with van der Waals surface area (Å²) in [5.41, 5.74) is 0.994. The lowest BCUT2D eigenvalue weighted by molar-refractivity contribution is -0.277. The molecule has 3 aromatic carbocycles. The summed E-state index contributed by atoms with van der Waals surface area (Å²) in [7, 11) is 0. The molecular weight excluding hydrogens is 403 g/mol. The van der Waals surface area contributed by atoms with Gasteiger partial charge in [0, 0.05) is 11.1 Å². The molecule has 3 aromatic rings. The topological polar surface area (TPSA) is 99.4 Å². The largest absolute Gasteiger partial charge is 0.461 e. The van der Waals surface area contributed by atoms with E-state index in [2.05, 4.69) is 0 Å². The van der Waals surface area contributed by atoms with E-state index >= 15 is 0 Å². The van der Waals surface area contributed by atoms with Gasteiger partial charge in [-0.2, -0.15) is 0 Å². The normalized spacial score (nSPS) is 26.4. The van der Waals surface area contributed by atoms with Gasteiger partial charge >= 0.3 is 0 Å². The predicted molar refractivity (Wildman–Crippen MR) is 114 cm³/mol. The van der Waals surface area contributed by atoms with Gasteiger partial charge in [-0.15, -0.1) is 0 Å². The van der Waals surface area contributed by atoms with E-state index in [0.717, 1.165) is 10.8 Å². The molecule has 0 aliphatic carbocycles. The van der Waals surface area contributed by atoms with E-state index < -0.39 is 37.3 Å². The van der Waals surface area contributed by atoms with E-state index in [0.29, 0.717) is 16.9 Å². The fourth-order valence-corrected chi connectivity index (χ4v) is 3.55. The number of hydrogen-bond donors (Lipinski definition) is 4. The second kappa shape index (κ2) is 9.13. The predicted octanol–water partition coefficient (Wildman–Crippen LogP) is 2.33. The van der Waals surface area contributed by atoms with Crippen molar-refractivity contribution in [2.75, 3.05) is 6.61 Å². The van der Waals surface area contributed by atoms with Crippen molar-refractivity contribution in [3.63, 3.8) is 0 Å². The van der Waals surface area contributed by atoms with Crippen LogP contribution in [-0.4, -0.2) is 57.7 Å². The van der Waals surface area contributed by atoms with E-state index in [1.807, 2.05) is 30.3 Å². The summed E-state index contributed by atoms with van der Waals surface area (Å²) in [6.45, 7) is -0.553. The van der Waals surface area contributed by atoms with Gasteiger partial charge in [-0.3, -0.25) is 0 Å². The average Bonchev–Trinajstić information content (AvgIpc) is 2.78. The molecule has 0 spiro atoms. The minimum Gasteiger partial charge on any atom is -0.461 e. The van der Waals surface area contributed by atoms with Gasteiger partial charge in [-0.05, 0) is 29.0 Å². The summed E-state index contributed by atoms with van der Waals surface area (Å²) in [4.78, 5) is 0. The van der Waals surface area contributed by atoms with E-state index in [1.54, 1.807) is 36.4 Å². The van der Waals surface area contributed by atoms with Crippen LogP contribution in [0.2, 0.25) is 0 Å². The summed E-state index contributed by atoms with van der Waals surface area (Å²) in [5.74, 6) is -0.0356. The Bertz CT molecular complexity index is 1080. The number of rotatable bonds is 5. The number of aliphatic hydroxyl groups is 4. The van der Waals surface area contributed by atoms with Crippen molar-refractivity contribution in [2.24, 2.45) is 0 Å². The third-order valence-electron chi connectivity index (χ3n) is 5.32. The van der Waals surface area contributed by atoms with Crippen LogP contribution in [0, 0.1) is 5.82 Å². The lowest BCUT2D eigenvalue weighted by atomic mass is 9.99. The molecule has 0 unspecified atom stereocenters. The number of aliphatic hydroxyl groups excluding tert-OH is 4. The fourth-order valence-electron chi connectivity index (χ4n) is 3.55. The first-order valence-corrected chi connectivity index (χ1v) is 9.90. The summed E-state index contributed by atoms with van der Waals surface area (Å²) < 4.78 is 25.4. The Morgan fingerprint density at radius 3 is 2.19 bits per heavy atom. The van der Waals surface area contributed by atoms with Crippen LogP contribution in [0.25, 0.3) is 22.9 Å². The van der Waals surface area contributed by atoms with Crippen LogP contribution in [0.15, 0.2) is 60.7 Å². The molecule has 31 heavy (non-hydrogen) atoms. The van der Waals surface area contributed by atoms with Crippen LogP contribution in [0.3, 0.4) is 0 Å². The highest BCUT2D eigenvalue weighted by Crippen LogP contribution is 2.31. The number of ether oxygens (including phenoxy) is 2. The second-order valence-corrected chi connectivity index (χ2v) is 7.41. The van der Waals surface area contributed by atoms with E-state index in [-0.39, 0.29) is 5.82 Å². The Morgan fingerprint density at radius 1 is 0.839 bits per heavy atom. The molecule has 1 saturated heterocycles. The van der Waals surface area contributed by atoms with Crippen LogP contribution in [0.1, 0.15) is 11.1 Å². The van der Waals surface area contributed by atoms with Crippen molar-refractivity contribution in [2.45, 2.75) is 30.7 Å². The zero-order valence-electron chi connectivity index (χ0n) is 16.5. The maximum atomic E-state index is 14.0. The van der Waals surface area contributed by atoms with Crippen LogP contribution >= 0.6 is 0 Å². The van der Waals surface area contributed by atoms with Crippen molar-refractivity contribution in [1.82, 2.24) is 0 Å². The van der Waals surface area contributed by atoms with Gasteiger partial charge in [-0.1, -0.05) is 54.6 Å². The molecular formula is C24H23FO6. The Labute approximate surface area is 178 Å². The SMILES string of the molecule is OC[C@H]1O[C@@H](Oc2cc3ccccc3cc2/C=C/c2ccccc2F)[C@H](O)[C@@H](O)[C@@H]1O. The minimum atomic E-state index is -1.55. The maximum absolute atomic E-state index is 14.0. The lowest BCUT2D eigenvalue weighted by Gasteiger charge is -2.39. The standard InChI is InChI=1S/C24H23FO6/c25-18-8-4-3-5-14(18)9-10-17-11-15-6-1-2-7-16(15)12-19(17)30-24-23(29)22(28)21(27)20(13-26)31-24/h1-12,20-24,26-29H,13H2/b10-9+/t20-,21-,22+,23-,24-/m1/s1. The van der Waals surface area contributed by atoms with Crippen LogP contribution in [-0.2, 0) is 4.74 Å². The van der Waals surface area contributed by atoms with E-state index in [1.165, 1.54) is 6.07 Å². The molecule has 0 bridgehead atoms. The molecule has 1 aliphatic heterocycles. The monoisotopic (exact) mass is 426 g/mol. The molecule has 0 saturated carbocycles. The summed E-state index contributed by atoms with van der Waals surface area (Å²) >= 11 is 0. The highest BCUT2D eigenvalue weighted by Gasteiger charge is 2.44. The average molecular weight is 426 g/mol. The van der Waals surface area contributed by atoms with Gasteiger partial charge in [0.2, 0.25) is 6.29 Å². The third-order valence-corrected chi connectivity index (χ3v) is 5.32. The molecule has 1 aliphatic rings. The Hall–Kier alpha value is -2.81. The molecule has 4 N–H and O–H groups in total. The lowest BCUT2D eigenvalue weighted by Crippen LogP contribution is -2.60. The first-order valence-electron chi connectivity index (χ1n) is 9.90. The smallest absolute Gasteiger partial charge is 0.229 e. The van der Waals surface area contributed by atoms with Gasteiger partial charge < -0.3 is 29.9 Å². The number of hydrogen-bond acceptors (Lipinski definition) is 6. The number of fused-ring (bicyclic) bond motifs is 1. The first-order chi connectivity index (χ1) is 15.0. The van der Waals surface area contributed by atoms with Crippen LogP contribution in [0.4, 0.5) is 4.39 Å². The van der Waals surface area contributed by atoms with Crippen molar-refractivity contribution < 1.29 is 34.3 Å². The fraction of sp³-hybridized carbons (Fsp3) is 0.250. The van der Waals surface area contributed by atoms with E-state index in [9.17, 15) is 24.8 Å². The van der Waals surface area contributed by atoms with Crippen LogP contribution < -0.4 is 4.74 Å². The first kappa shape index (κ1) is 21.4. The number of benzene rings is 3. The Balaban J connectivity index is 1.70. The summed E-state index contributed by atoms with van der Waals surface area (Å²) in [5, 5.41) is 41.5. The minimum absolute atomic E-state index is 0.329. The van der Waals surface area contributed by atoms with Crippen molar-refractivity contribution in [1.29, 1.82) is 0 Å². The van der Waals surface area contributed by atoms with Gasteiger partial charge in [0.15, 0.2) is 0 Å². The second-order valence-electron chi connectivity index (χ2n) is 7.41. The van der Waals surface area contributed by atoms with Crippen LogP contribution in [0.5, 0.6) is 5.75 Å². The molecule has 0 aromatic heterocycles. The molecule has 0 amide bonds. The summed E-state index contributed by atoms with van der Waals surface area (Å²) in [6, 6.07) is 17.5. The molecule has 1 fully saturated rings. The van der Waals surface area contributed by atoms with E-state index in [4.69, 9.17) is 9.47 Å². The van der Waals surface area contributed by atoms with Crippen molar-refractivity contribution in [3.8, 4) is 5.75 Å². The van der Waals surface area contributed by atoms with Gasteiger partial charge in [-0.25, -0.2) is 4.39 Å². The molecule has 1 heterocycles. The highest BCUT2D eigenvalue weighted by atomic mass is 19.1. The molecule has 6 nitrogen and oxygen atoms in total. The van der Waals surface area contributed by atoms with Gasteiger partial charge in [0.25, 0.3) is 0 Å². The number of halogens is 1. The van der Waals surface area contributed by atoms with Crippen molar-refractivity contribution in [3.05, 3.63) is 77.6 Å². The molecule has 5 atom stereocenters. The molecule has 162 valence electrons. The zero-order chi connectivity index (χ0) is 22.0. The quantitative estimate of drug-likeness (QED) is 0.468. The van der Waals surface area contributed by atoms with Gasteiger partial charge in [0.1, 0.15) is 36.0 Å². The molecule has 0 radical (unpaired) electrons. The van der Waals surface area contributed by atoms with Crippen molar-refractivity contribution >= 4 is 22.9 Å². The highest BCUT2D eigenvalue weighted by molar-refractivity contribution is 5.88. The third kappa shape index (κ3) is 4.46. The Kier molecular flexibility index (Phi) is 6.31. The summed E-state index contributed by atoms with van der Waals surface area (Å²) in [6.07, 6.45) is -3.67. The maximum Gasteiger partial charge on any atom is 0.229 e. The zero-order valence-corrected chi connectivity index (χ0v) is 16.5. The molecule has 4 rings (SSSR count).